The normalized spacial score (nSPS) is 10.8. The van der Waals surface area contributed by atoms with Gasteiger partial charge < -0.3 is 9.88 Å². The highest BCUT2D eigenvalue weighted by Crippen LogP contribution is 2.24. The minimum atomic E-state index is -0.0468. The highest BCUT2D eigenvalue weighted by atomic mass is 32.2. The van der Waals surface area contributed by atoms with Gasteiger partial charge in [-0.15, -0.1) is 10.2 Å². The lowest BCUT2D eigenvalue weighted by Crippen LogP contribution is -2.15. The largest absolute Gasteiger partial charge is 0.325 e. The number of hydrogen-bond donors (Lipinski definition) is 1. The summed E-state index contributed by atoms with van der Waals surface area (Å²) in [6, 6.07) is 14.2. The molecule has 6 heteroatoms. The van der Waals surface area contributed by atoms with Gasteiger partial charge in [0.25, 0.3) is 0 Å². The molecule has 0 saturated heterocycles. The Morgan fingerprint density at radius 3 is 2.41 bits per heavy atom. The summed E-state index contributed by atoms with van der Waals surface area (Å²) in [6.07, 6.45) is 0. The van der Waals surface area contributed by atoms with E-state index in [-0.39, 0.29) is 5.91 Å². The first-order chi connectivity index (χ1) is 13.0. The molecule has 0 radical (unpaired) electrons. The van der Waals surface area contributed by atoms with Crippen LogP contribution in [0.4, 0.5) is 5.69 Å². The minimum absolute atomic E-state index is 0.0468. The smallest absolute Gasteiger partial charge is 0.234 e. The van der Waals surface area contributed by atoms with Gasteiger partial charge in [0.15, 0.2) is 11.0 Å². The average molecular weight is 381 g/mol. The Morgan fingerprint density at radius 2 is 1.74 bits per heavy atom. The molecule has 1 heterocycles. The van der Waals surface area contributed by atoms with Crippen LogP contribution in [0.1, 0.15) is 23.6 Å². The van der Waals surface area contributed by atoms with Gasteiger partial charge in [-0.25, -0.2) is 0 Å². The molecule has 2 aromatic carbocycles. The highest BCUT2D eigenvalue weighted by Gasteiger charge is 2.15. The Balaban J connectivity index is 1.69. The first-order valence-corrected chi connectivity index (χ1v) is 9.96. The number of amides is 1. The number of rotatable bonds is 6. The van der Waals surface area contributed by atoms with Gasteiger partial charge in [0.2, 0.25) is 5.91 Å². The quantitative estimate of drug-likeness (QED) is 0.634. The zero-order valence-corrected chi connectivity index (χ0v) is 16.9. The summed E-state index contributed by atoms with van der Waals surface area (Å²) < 4.78 is 2.04. The monoisotopic (exact) mass is 380 g/mol. The maximum atomic E-state index is 12.3. The van der Waals surface area contributed by atoms with Gasteiger partial charge in [0.05, 0.1) is 5.75 Å². The summed E-state index contributed by atoms with van der Waals surface area (Å²) >= 11 is 1.40. The topological polar surface area (TPSA) is 59.8 Å². The molecule has 0 aliphatic rings. The van der Waals surface area contributed by atoms with Gasteiger partial charge in [-0.2, -0.15) is 0 Å². The molecular formula is C21H24N4OS. The predicted molar refractivity (Wildman–Crippen MR) is 111 cm³/mol. The Hall–Kier alpha value is -2.60. The summed E-state index contributed by atoms with van der Waals surface area (Å²) in [5, 5.41) is 12.3. The van der Waals surface area contributed by atoms with Crippen molar-refractivity contribution in [2.75, 3.05) is 11.1 Å². The number of anilines is 1. The van der Waals surface area contributed by atoms with Gasteiger partial charge >= 0.3 is 0 Å². The van der Waals surface area contributed by atoms with Crippen LogP contribution in [0, 0.1) is 20.8 Å². The number of thioether (sulfide) groups is 1. The summed E-state index contributed by atoms with van der Waals surface area (Å²) in [7, 11) is 0. The Kier molecular flexibility index (Phi) is 5.96. The Labute approximate surface area is 164 Å². The van der Waals surface area contributed by atoms with Crippen molar-refractivity contribution in [2.45, 2.75) is 39.4 Å². The van der Waals surface area contributed by atoms with Crippen LogP contribution in [0.5, 0.6) is 0 Å². The van der Waals surface area contributed by atoms with Gasteiger partial charge in [-0.05, 0) is 39.3 Å². The number of nitrogens with zero attached hydrogens (tertiary/aromatic N) is 3. The van der Waals surface area contributed by atoms with Crippen LogP contribution in [0.15, 0.2) is 47.6 Å². The van der Waals surface area contributed by atoms with Crippen LogP contribution < -0.4 is 5.32 Å². The van der Waals surface area contributed by atoms with E-state index < -0.39 is 0 Å². The molecule has 140 valence electrons. The van der Waals surface area contributed by atoms with E-state index in [4.69, 9.17) is 0 Å². The van der Waals surface area contributed by atoms with Crippen LogP contribution in [-0.2, 0) is 11.3 Å². The molecule has 0 fully saturated rings. The highest BCUT2D eigenvalue weighted by molar-refractivity contribution is 7.99. The fourth-order valence-electron chi connectivity index (χ4n) is 2.87. The predicted octanol–water partition coefficient (Wildman–Crippen LogP) is 4.62. The van der Waals surface area contributed by atoms with E-state index in [1.807, 2.05) is 42.7 Å². The molecule has 1 amide bonds. The van der Waals surface area contributed by atoms with Crippen molar-refractivity contribution in [3.05, 3.63) is 59.2 Å². The van der Waals surface area contributed by atoms with E-state index >= 15 is 0 Å². The number of aromatic nitrogens is 3. The second-order valence-corrected chi connectivity index (χ2v) is 7.51. The van der Waals surface area contributed by atoms with Gasteiger partial charge in [0.1, 0.15) is 0 Å². The van der Waals surface area contributed by atoms with E-state index in [1.54, 1.807) is 0 Å². The lowest BCUT2D eigenvalue weighted by molar-refractivity contribution is -0.113. The van der Waals surface area contributed by atoms with Crippen molar-refractivity contribution in [2.24, 2.45) is 0 Å². The molecule has 3 aromatic rings. The van der Waals surface area contributed by atoms with Crippen molar-refractivity contribution in [1.29, 1.82) is 0 Å². The average Bonchev–Trinajstić information content (AvgIpc) is 3.06. The molecule has 0 bridgehead atoms. The molecule has 0 aliphatic carbocycles. The summed E-state index contributed by atoms with van der Waals surface area (Å²) in [5.74, 6) is 1.07. The minimum Gasteiger partial charge on any atom is -0.325 e. The third-order valence-corrected chi connectivity index (χ3v) is 5.30. The SMILES string of the molecule is CCn1c(SCC(=O)Nc2ccc(C)cc2C)nnc1-c1ccc(C)cc1. The molecule has 1 aromatic heterocycles. The maximum Gasteiger partial charge on any atom is 0.234 e. The second-order valence-electron chi connectivity index (χ2n) is 6.57. The fraction of sp³-hybridized carbons (Fsp3) is 0.286. The third-order valence-electron chi connectivity index (χ3n) is 4.33. The zero-order valence-electron chi connectivity index (χ0n) is 16.1. The van der Waals surface area contributed by atoms with E-state index in [2.05, 4.69) is 47.6 Å². The van der Waals surface area contributed by atoms with Crippen molar-refractivity contribution in [3.8, 4) is 11.4 Å². The van der Waals surface area contributed by atoms with Crippen LogP contribution in [0.25, 0.3) is 11.4 Å². The Morgan fingerprint density at radius 1 is 1.04 bits per heavy atom. The standard InChI is InChI=1S/C21H24N4OS/c1-5-25-20(17-9-6-14(2)7-10-17)23-24-21(25)27-13-19(26)22-18-11-8-15(3)12-16(18)4/h6-12H,5,13H2,1-4H3,(H,22,26). The van der Waals surface area contributed by atoms with E-state index in [0.29, 0.717) is 5.75 Å². The van der Waals surface area contributed by atoms with Crippen LogP contribution >= 0.6 is 11.8 Å². The first-order valence-electron chi connectivity index (χ1n) is 8.98. The van der Waals surface area contributed by atoms with E-state index in [0.717, 1.165) is 34.3 Å². The molecule has 3 rings (SSSR count). The number of carbonyl (C=O) groups excluding carboxylic acids is 1. The lowest BCUT2D eigenvalue weighted by atomic mass is 10.1. The van der Waals surface area contributed by atoms with Crippen molar-refractivity contribution < 1.29 is 4.79 Å². The van der Waals surface area contributed by atoms with E-state index in [1.165, 1.54) is 22.9 Å². The maximum absolute atomic E-state index is 12.3. The Bertz CT molecular complexity index is 947. The number of nitrogens with one attached hydrogen (secondary N) is 1. The van der Waals surface area contributed by atoms with Crippen molar-refractivity contribution in [1.82, 2.24) is 14.8 Å². The molecule has 1 N–H and O–H groups in total. The lowest BCUT2D eigenvalue weighted by Gasteiger charge is -2.10. The molecule has 27 heavy (non-hydrogen) atoms. The molecule has 0 spiro atoms. The molecular weight excluding hydrogens is 356 g/mol. The fourth-order valence-corrected chi connectivity index (χ4v) is 3.67. The van der Waals surface area contributed by atoms with Crippen LogP contribution in [0.3, 0.4) is 0 Å². The number of aryl methyl sites for hydroxylation is 3. The summed E-state index contributed by atoms with van der Waals surface area (Å²) in [6.45, 7) is 8.90. The van der Waals surface area contributed by atoms with E-state index in [9.17, 15) is 4.79 Å². The zero-order chi connectivity index (χ0) is 19.4. The molecule has 5 nitrogen and oxygen atoms in total. The van der Waals surface area contributed by atoms with Gasteiger partial charge in [-0.3, -0.25) is 4.79 Å². The third kappa shape index (κ3) is 4.57. The first kappa shape index (κ1) is 19.2. The summed E-state index contributed by atoms with van der Waals surface area (Å²) in [4.78, 5) is 12.3. The summed E-state index contributed by atoms with van der Waals surface area (Å²) in [5.41, 5.74) is 5.33. The molecule has 0 aliphatic heterocycles. The molecule has 0 atom stereocenters. The number of benzene rings is 2. The van der Waals surface area contributed by atoms with Gasteiger partial charge in [0, 0.05) is 17.8 Å². The number of carbonyl (C=O) groups is 1. The van der Waals surface area contributed by atoms with Crippen molar-refractivity contribution in [3.63, 3.8) is 0 Å². The van der Waals surface area contributed by atoms with Gasteiger partial charge in [-0.1, -0.05) is 59.3 Å². The molecule has 0 unspecified atom stereocenters. The van der Waals surface area contributed by atoms with Crippen LogP contribution in [0.2, 0.25) is 0 Å². The van der Waals surface area contributed by atoms with Crippen LogP contribution in [-0.4, -0.2) is 26.4 Å². The second kappa shape index (κ2) is 8.39. The van der Waals surface area contributed by atoms with Crippen molar-refractivity contribution >= 4 is 23.4 Å². The number of hydrogen-bond acceptors (Lipinski definition) is 4. The molecule has 0 saturated carbocycles.